The van der Waals surface area contributed by atoms with Crippen molar-refractivity contribution in [3.05, 3.63) is 65.5 Å². The van der Waals surface area contributed by atoms with Gasteiger partial charge in [0.05, 0.1) is 5.71 Å². The first kappa shape index (κ1) is 14.9. The van der Waals surface area contributed by atoms with Gasteiger partial charge in [-0.2, -0.15) is 5.10 Å². The summed E-state index contributed by atoms with van der Waals surface area (Å²) in [6.07, 6.45) is 3.41. The molecule has 1 N–H and O–H groups in total. The third kappa shape index (κ3) is 3.99. The predicted octanol–water partition coefficient (Wildman–Crippen LogP) is 3.36. The fourth-order valence-electron chi connectivity index (χ4n) is 1.86. The molecule has 0 bridgehead atoms. The SMILES string of the molecule is CC(=NNC(=O)c1ccc(C(C)C)cc1)c1cccnc1. The van der Waals surface area contributed by atoms with Gasteiger partial charge in [0, 0.05) is 23.5 Å². The number of nitrogens with one attached hydrogen (secondary N) is 1. The number of carbonyl (C=O) groups is 1. The zero-order valence-electron chi connectivity index (χ0n) is 12.5. The smallest absolute Gasteiger partial charge is 0.267 e. The topological polar surface area (TPSA) is 54.4 Å². The maximum Gasteiger partial charge on any atom is 0.271 e. The van der Waals surface area contributed by atoms with Crippen LogP contribution in [0.5, 0.6) is 0 Å². The van der Waals surface area contributed by atoms with Crippen molar-refractivity contribution in [1.82, 2.24) is 10.4 Å². The van der Waals surface area contributed by atoms with Crippen LogP contribution in [0, 0.1) is 0 Å². The Bertz CT molecular complexity index is 631. The molecule has 0 aliphatic heterocycles. The molecule has 0 atom stereocenters. The molecular weight excluding hydrogens is 262 g/mol. The molecule has 4 nitrogen and oxygen atoms in total. The lowest BCUT2D eigenvalue weighted by atomic mass is 10.0. The van der Waals surface area contributed by atoms with Crippen molar-refractivity contribution >= 4 is 11.6 Å². The standard InChI is InChI=1S/C17H19N3O/c1-12(2)14-6-8-15(9-7-14)17(21)20-19-13(3)16-5-4-10-18-11-16/h4-12H,1-3H3,(H,20,21). The normalized spacial score (nSPS) is 11.5. The summed E-state index contributed by atoms with van der Waals surface area (Å²) in [6.45, 7) is 6.08. The molecule has 1 amide bonds. The number of aromatic nitrogens is 1. The Morgan fingerprint density at radius 1 is 1.14 bits per heavy atom. The lowest BCUT2D eigenvalue weighted by Gasteiger charge is -2.06. The molecule has 1 aromatic heterocycles. The van der Waals surface area contributed by atoms with Crippen LogP contribution in [0.15, 0.2) is 53.9 Å². The summed E-state index contributed by atoms with van der Waals surface area (Å²) < 4.78 is 0. The molecule has 0 saturated heterocycles. The number of hydrazone groups is 1. The molecule has 0 aliphatic carbocycles. The highest BCUT2D eigenvalue weighted by Crippen LogP contribution is 2.14. The number of carbonyl (C=O) groups excluding carboxylic acids is 1. The number of nitrogens with zero attached hydrogens (tertiary/aromatic N) is 2. The van der Waals surface area contributed by atoms with Crippen LogP contribution in [0.1, 0.15) is 48.2 Å². The molecule has 108 valence electrons. The lowest BCUT2D eigenvalue weighted by Crippen LogP contribution is -2.19. The van der Waals surface area contributed by atoms with Crippen LogP contribution in [0.2, 0.25) is 0 Å². The van der Waals surface area contributed by atoms with E-state index in [0.29, 0.717) is 11.5 Å². The summed E-state index contributed by atoms with van der Waals surface area (Å²) in [6, 6.07) is 11.3. The fraction of sp³-hybridized carbons (Fsp3) is 0.235. The summed E-state index contributed by atoms with van der Waals surface area (Å²) in [5.41, 5.74) is 5.98. The minimum absolute atomic E-state index is 0.214. The fourth-order valence-corrected chi connectivity index (χ4v) is 1.86. The molecule has 1 heterocycles. The molecule has 0 aliphatic rings. The monoisotopic (exact) mass is 281 g/mol. The van der Waals surface area contributed by atoms with Crippen LogP contribution in [0.4, 0.5) is 0 Å². The van der Waals surface area contributed by atoms with Crippen molar-refractivity contribution < 1.29 is 4.79 Å². The first-order chi connectivity index (χ1) is 10.1. The Morgan fingerprint density at radius 3 is 2.43 bits per heavy atom. The van der Waals surface area contributed by atoms with Gasteiger partial charge in [0.15, 0.2) is 0 Å². The van der Waals surface area contributed by atoms with Crippen molar-refractivity contribution in [1.29, 1.82) is 0 Å². The second-order valence-corrected chi connectivity index (χ2v) is 5.16. The van der Waals surface area contributed by atoms with Crippen LogP contribution in [0.25, 0.3) is 0 Å². The summed E-state index contributed by atoms with van der Waals surface area (Å²) in [5, 5.41) is 4.11. The molecule has 0 fully saturated rings. The van der Waals surface area contributed by atoms with E-state index in [0.717, 1.165) is 11.3 Å². The molecule has 0 spiro atoms. The Hall–Kier alpha value is -2.49. The van der Waals surface area contributed by atoms with E-state index in [1.165, 1.54) is 5.56 Å². The quantitative estimate of drug-likeness (QED) is 0.690. The summed E-state index contributed by atoms with van der Waals surface area (Å²) in [4.78, 5) is 16.1. The van der Waals surface area contributed by atoms with Gasteiger partial charge in [0.2, 0.25) is 0 Å². The molecule has 1 aromatic carbocycles. The molecule has 21 heavy (non-hydrogen) atoms. The van der Waals surface area contributed by atoms with Gasteiger partial charge in [-0.3, -0.25) is 9.78 Å². The van der Waals surface area contributed by atoms with Crippen LogP contribution in [0.3, 0.4) is 0 Å². The number of hydrogen-bond donors (Lipinski definition) is 1. The van der Waals surface area contributed by atoms with E-state index in [2.05, 4.69) is 29.4 Å². The number of rotatable bonds is 4. The third-order valence-electron chi connectivity index (χ3n) is 3.24. The van der Waals surface area contributed by atoms with Crippen molar-refractivity contribution in [3.63, 3.8) is 0 Å². The number of amides is 1. The number of hydrogen-bond acceptors (Lipinski definition) is 3. The van der Waals surface area contributed by atoms with E-state index in [-0.39, 0.29) is 5.91 Å². The highest BCUT2D eigenvalue weighted by molar-refractivity contribution is 6.00. The Balaban J connectivity index is 2.04. The second-order valence-electron chi connectivity index (χ2n) is 5.16. The van der Waals surface area contributed by atoms with Gasteiger partial charge in [-0.25, -0.2) is 5.43 Å². The van der Waals surface area contributed by atoms with Gasteiger partial charge in [-0.05, 0) is 36.6 Å². The lowest BCUT2D eigenvalue weighted by molar-refractivity contribution is 0.0955. The zero-order valence-corrected chi connectivity index (χ0v) is 12.5. The highest BCUT2D eigenvalue weighted by atomic mass is 16.2. The van der Waals surface area contributed by atoms with Crippen molar-refractivity contribution in [2.75, 3.05) is 0 Å². The number of pyridine rings is 1. The van der Waals surface area contributed by atoms with Gasteiger partial charge >= 0.3 is 0 Å². The van der Waals surface area contributed by atoms with Gasteiger partial charge in [-0.1, -0.05) is 32.0 Å². The Labute approximate surface area is 124 Å². The van der Waals surface area contributed by atoms with Crippen molar-refractivity contribution in [2.24, 2.45) is 5.10 Å². The van der Waals surface area contributed by atoms with Crippen LogP contribution in [-0.2, 0) is 0 Å². The maximum absolute atomic E-state index is 12.0. The molecule has 0 unspecified atom stereocenters. The first-order valence-electron chi connectivity index (χ1n) is 6.93. The maximum atomic E-state index is 12.0. The van der Waals surface area contributed by atoms with E-state index in [1.807, 2.05) is 43.3 Å². The van der Waals surface area contributed by atoms with Crippen LogP contribution < -0.4 is 5.43 Å². The first-order valence-corrected chi connectivity index (χ1v) is 6.93. The van der Waals surface area contributed by atoms with E-state index >= 15 is 0 Å². The third-order valence-corrected chi connectivity index (χ3v) is 3.24. The van der Waals surface area contributed by atoms with Crippen molar-refractivity contribution in [2.45, 2.75) is 26.7 Å². The van der Waals surface area contributed by atoms with Gasteiger partial charge < -0.3 is 0 Å². The van der Waals surface area contributed by atoms with Crippen molar-refractivity contribution in [3.8, 4) is 0 Å². The van der Waals surface area contributed by atoms with E-state index in [4.69, 9.17) is 0 Å². The Morgan fingerprint density at radius 2 is 1.86 bits per heavy atom. The molecule has 4 heteroatoms. The van der Waals surface area contributed by atoms with E-state index < -0.39 is 0 Å². The summed E-state index contributed by atoms with van der Waals surface area (Å²) >= 11 is 0. The molecular formula is C17H19N3O. The van der Waals surface area contributed by atoms with Gasteiger partial charge in [-0.15, -0.1) is 0 Å². The Kier molecular flexibility index (Phi) is 4.82. The van der Waals surface area contributed by atoms with Crippen LogP contribution in [-0.4, -0.2) is 16.6 Å². The summed E-state index contributed by atoms with van der Waals surface area (Å²) in [7, 11) is 0. The van der Waals surface area contributed by atoms with E-state index in [1.54, 1.807) is 12.4 Å². The van der Waals surface area contributed by atoms with Gasteiger partial charge in [0.25, 0.3) is 5.91 Å². The average Bonchev–Trinajstić information content (AvgIpc) is 2.53. The highest BCUT2D eigenvalue weighted by Gasteiger charge is 2.06. The molecule has 2 rings (SSSR count). The molecule has 0 saturated carbocycles. The van der Waals surface area contributed by atoms with Gasteiger partial charge in [0.1, 0.15) is 0 Å². The van der Waals surface area contributed by atoms with E-state index in [9.17, 15) is 4.79 Å². The number of benzene rings is 1. The summed E-state index contributed by atoms with van der Waals surface area (Å²) in [5.74, 6) is 0.238. The molecule has 2 aromatic rings. The predicted molar refractivity (Wildman–Crippen MR) is 84.4 cm³/mol. The van der Waals surface area contributed by atoms with Crippen LogP contribution >= 0.6 is 0 Å². The minimum Gasteiger partial charge on any atom is -0.267 e. The zero-order chi connectivity index (χ0) is 15.2. The largest absolute Gasteiger partial charge is 0.271 e. The minimum atomic E-state index is -0.214. The second kappa shape index (κ2) is 6.79. The average molecular weight is 281 g/mol. The molecule has 0 radical (unpaired) electrons.